The number of rotatable bonds is 9. The van der Waals surface area contributed by atoms with Crippen molar-refractivity contribution in [1.82, 2.24) is 25.3 Å². The normalized spacial score (nSPS) is 26.9. The Morgan fingerprint density at radius 1 is 1.38 bits per heavy atom. The average molecular weight is 546 g/mol. The zero-order chi connectivity index (χ0) is 27.8. The summed E-state index contributed by atoms with van der Waals surface area (Å²) < 4.78 is 1.64. The number of hydrogen-bond donors (Lipinski definition) is 1. The van der Waals surface area contributed by atoms with Gasteiger partial charge in [0.2, 0.25) is 5.91 Å². The summed E-state index contributed by atoms with van der Waals surface area (Å²) in [6.45, 7) is 10.4. The quantitative estimate of drug-likeness (QED) is 0.367. The molecule has 2 aromatic rings. The summed E-state index contributed by atoms with van der Waals surface area (Å²) in [6, 6.07) is 4.02. The van der Waals surface area contributed by atoms with Gasteiger partial charge in [0.05, 0.1) is 35.9 Å². The molecule has 3 aliphatic rings. The third-order valence-corrected chi connectivity index (χ3v) is 8.60. The molecule has 3 fully saturated rings. The van der Waals surface area contributed by atoms with Crippen molar-refractivity contribution < 1.29 is 9.59 Å². The van der Waals surface area contributed by atoms with Crippen LogP contribution in [0, 0.1) is 41.9 Å². The monoisotopic (exact) mass is 545 g/mol. The van der Waals surface area contributed by atoms with Crippen LogP contribution in [0.5, 0.6) is 0 Å². The van der Waals surface area contributed by atoms with E-state index in [-0.39, 0.29) is 35.5 Å². The van der Waals surface area contributed by atoms with Gasteiger partial charge in [-0.25, -0.2) is 4.68 Å². The van der Waals surface area contributed by atoms with Gasteiger partial charge in [0, 0.05) is 29.1 Å². The molecule has 1 saturated heterocycles. The summed E-state index contributed by atoms with van der Waals surface area (Å²) >= 11 is 5.91. The Balaban J connectivity index is 1.15. The van der Waals surface area contributed by atoms with E-state index in [1.165, 1.54) is 6.08 Å². The van der Waals surface area contributed by atoms with Crippen molar-refractivity contribution in [2.24, 2.45) is 23.7 Å². The van der Waals surface area contributed by atoms with Crippen LogP contribution in [0.1, 0.15) is 60.9 Å². The number of nitrogens with one attached hydrogen (secondary N) is 1. The highest BCUT2D eigenvalue weighted by atomic mass is 35.5. The summed E-state index contributed by atoms with van der Waals surface area (Å²) in [5, 5.41) is 21.1. The molecule has 2 aromatic heterocycles. The molecule has 0 bridgehead atoms. The molecular formula is C29H32ClN7O2. The molecule has 39 heavy (non-hydrogen) atoms. The second-order valence-corrected chi connectivity index (χ2v) is 11.4. The van der Waals surface area contributed by atoms with Crippen LogP contribution in [-0.2, 0) is 4.79 Å². The molecule has 0 radical (unpaired) electrons. The minimum atomic E-state index is -0.269. The molecule has 10 heteroatoms. The van der Waals surface area contributed by atoms with Gasteiger partial charge >= 0.3 is 0 Å². The Labute approximate surface area is 233 Å². The number of nitrogens with zero attached hydrogens (tertiary/aromatic N) is 6. The first-order chi connectivity index (χ1) is 18.7. The number of aromatic nitrogens is 4. The molecule has 5 rings (SSSR count). The number of hydrogen-bond acceptors (Lipinski definition) is 6. The number of nitriles is 1. The van der Waals surface area contributed by atoms with Gasteiger partial charge in [-0.15, -0.1) is 5.10 Å². The predicted molar refractivity (Wildman–Crippen MR) is 148 cm³/mol. The molecule has 1 aliphatic heterocycles. The van der Waals surface area contributed by atoms with Gasteiger partial charge in [0.15, 0.2) is 5.69 Å². The molecule has 3 unspecified atom stereocenters. The molecule has 1 N–H and O–H groups in total. The lowest BCUT2D eigenvalue weighted by molar-refractivity contribution is -0.119. The minimum Gasteiger partial charge on any atom is -0.348 e. The lowest BCUT2D eigenvalue weighted by atomic mass is 9.76. The Bertz CT molecular complexity index is 1410. The Morgan fingerprint density at radius 2 is 2.15 bits per heavy atom. The van der Waals surface area contributed by atoms with E-state index in [1.54, 1.807) is 29.2 Å². The first-order valence-corrected chi connectivity index (χ1v) is 13.7. The number of carbonyl (C=O) groups is 2. The second-order valence-electron chi connectivity index (χ2n) is 10.9. The zero-order valence-corrected chi connectivity index (χ0v) is 23.1. The number of halogens is 1. The van der Waals surface area contributed by atoms with Crippen molar-refractivity contribution in [3.63, 3.8) is 0 Å². The van der Waals surface area contributed by atoms with Gasteiger partial charge < -0.3 is 10.2 Å². The average Bonchev–Trinajstić information content (AvgIpc) is 3.23. The van der Waals surface area contributed by atoms with Crippen molar-refractivity contribution >= 4 is 29.1 Å². The van der Waals surface area contributed by atoms with E-state index < -0.39 is 0 Å². The van der Waals surface area contributed by atoms with Crippen LogP contribution in [0.25, 0.3) is 0 Å². The van der Waals surface area contributed by atoms with Gasteiger partial charge in [0.1, 0.15) is 0 Å². The number of piperidine rings is 1. The molecule has 3 heterocycles. The summed E-state index contributed by atoms with van der Waals surface area (Å²) in [5.41, 5.74) is 3.50. The molecule has 2 amide bonds. The van der Waals surface area contributed by atoms with E-state index in [2.05, 4.69) is 40.2 Å². The van der Waals surface area contributed by atoms with Crippen LogP contribution in [0.3, 0.4) is 0 Å². The fraction of sp³-hybridized carbons (Fsp3) is 0.448. The van der Waals surface area contributed by atoms with Gasteiger partial charge in [0.25, 0.3) is 5.91 Å². The van der Waals surface area contributed by atoms with Gasteiger partial charge in [-0.2, -0.15) is 5.26 Å². The number of carbonyl (C=O) groups excluding carboxylic acids is 2. The molecule has 0 spiro atoms. The number of amides is 2. The van der Waals surface area contributed by atoms with E-state index in [9.17, 15) is 14.9 Å². The highest BCUT2D eigenvalue weighted by Gasteiger charge is 2.59. The number of fused-ring (bicyclic) bond motifs is 1. The standard InChI is InChI=1S/C29H32ClN7O2/c1-5-21(30)7-6-19(12-31)9-20-10-22(11-20)33-28(38)25-15-37(35-34-25)18(4)27-16(2)8-23(13-32-27)36-14-24-17(3)26(24)29(36)39/h5-8,13,15,17-18,20,22,24,26H,1,9-11,14H2,2-4H3,(H,33,38)/b19-6+,21-7+/t17-,18?,20?,22?,24?,26?/m1/s1. The van der Waals surface area contributed by atoms with Crippen LogP contribution in [0.15, 0.2) is 53.9 Å². The van der Waals surface area contributed by atoms with Crippen LogP contribution in [0.4, 0.5) is 5.69 Å². The molecule has 0 aromatic carbocycles. The van der Waals surface area contributed by atoms with Crippen molar-refractivity contribution in [2.75, 3.05) is 11.4 Å². The van der Waals surface area contributed by atoms with Crippen LogP contribution in [-0.4, -0.2) is 44.4 Å². The summed E-state index contributed by atoms with van der Waals surface area (Å²) in [6.07, 6.45) is 10.5. The number of anilines is 1. The van der Waals surface area contributed by atoms with Crippen molar-refractivity contribution in [3.05, 3.63) is 70.8 Å². The molecule has 2 aliphatic carbocycles. The fourth-order valence-corrected chi connectivity index (χ4v) is 5.85. The lowest BCUT2D eigenvalue weighted by Crippen LogP contribution is -2.44. The minimum absolute atomic E-state index is 0.0381. The van der Waals surface area contributed by atoms with Crippen LogP contribution in [0.2, 0.25) is 0 Å². The summed E-state index contributed by atoms with van der Waals surface area (Å²) in [5.74, 6) is 1.40. The number of aryl methyl sites for hydroxylation is 1. The van der Waals surface area contributed by atoms with Crippen molar-refractivity contribution in [2.45, 2.75) is 52.1 Å². The van der Waals surface area contributed by atoms with Crippen LogP contribution >= 0.6 is 11.6 Å². The van der Waals surface area contributed by atoms with Crippen LogP contribution < -0.4 is 10.2 Å². The fourth-order valence-electron chi connectivity index (χ4n) is 5.79. The number of allylic oxidation sites excluding steroid dienone is 5. The summed E-state index contributed by atoms with van der Waals surface area (Å²) in [7, 11) is 0. The Morgan fingerprint density at radius 3 is 2.79 bits per heavy atom. The molecule has 2 saturated carbocycles. The maximum atomic E-state index is 12.8. The third-order valence-electron chi connectivity index (χ3n) is 8.32. The Hall–Kier alpha value is -3.77. The van der Waals surface area contributed by atoms with Gasteiger partial charge in [-0.05, 0) is 74.6 Å². The van der Waals surface area contributed by atoms with E-state index in [1.807, 2.05) is 24.8 Å². The lowest BCUT2D eigenvalue weighted by Gasteiger charge is -2.35. The molecule has 4 atom stereocenters. The number of pyridine rings is 1. The summed E-state index contributed by atoms with van der Waals surface area (Å²) in [4.78, 5) is 31.9. The molecule has 202 valence electrons. The maximum absolute atomic E-state index is 12.8. The highest BCUT2D eigenvalue weighted by Crippen LogP contribution is 2.53. The predicted octanol–water partition coefficient (Wildman–Crippen LogP) is 4.48. The highest BCUT2D eigenvalue weighted by molar-refractivity contribution is 6.31. The van der Waals surface area contributed by atoms with E-state index in [4.69, 9.17) is 11.6 Å². The van der Waals surface area contributed by atoms with Gasteiger partial charge in [-0.3, -0.25) is 14.6 Å². The first kappa shape index (κ1) is 26.8. The van der Waals surface area contributed by atoms with E-state index in [0.717, 1.165) is 36.3 Å². The second kappa shape index (κ2) is 10.8. The smallest absolute Gasteiger partial charge is 0.273 e. The zero-order valence-electron chi connectivity index (χ0n) is 22.3. The van der Waals surface area contributed by atoms with E-state index in [0.29, 0.717) is 34.8 Å². The van der Waals surface area contributed by atoms with E-state index >= 15 is 0 Å². The molecular weight excluding hydrogens is 514 g/mol. The maximum Gasteiger partial charge on any atom is 0.273 e. The van der Waals surface area contributed by atoms with Gasteiger partial charge in [-0.1, -0.05) is 36.4 Å². The Kier molecular flexibility index (Phi) is 7.41. The van der Waals surface area contributed by atoms with Crippen molar-refractivity contribution in [3.8, 4) is 6.07 Å². The van der Waals surface area contributed by atoms with Crippen molar-refractivity contribution in [1.29, 1.82) is 5.26 Å². The first-order valence-electron chi connectivity index (χ1n) is 13.3. The largest absolute Gasteiger partial charge is 0.348 e. The third kappa shape index (κ3) is 5.39. The SMILES string of the molecule is C=C/C(Cl)=C\C=C(\C#N)CC1CC(NC(=O)c2cn(C(C)c3ncc(N4CC5C(C4=O)[C@@H]5C)cc3C)nn2)C1. The topological polar surface area (TPSA) is 117 Å². The molecule has 9 nitrogen and oxygen atoms in total.